The summed E-state index contributed by atoms with van der Waals surface area (Å²) in [6, 6.07) is 0.789. The van der Waals surface area contributed by atoms with Crippen LogP contribution in [-0.4, -0.2) is 49.3 Å². The molecule has 0 radical (unpaired) electrons. The van der Waals surface area contributed by atoms with Crippen molar-refractivity contribution in [3.63, 3.8) is 0 Å². The van der Waals surface area contributed by atoms with Gasteiger partial charge in [-0.05, 0) is 32.5 Å². The minimum Gasteiger partial charge on any atom is -0.377 e. The summed E-state index contributed by atoms with van der Waals surface area (Å²) in [5.74, 6) is 0. The van der Waals surface area contributed by atoms with Crippen LogP contribution in [0.1, 0.15) is 19.8 Å². The summed E-state index contributed by atoms with van der Waals surface area (Å²) in [5.41, 5.74) is 5.49. The fourth-order valence-corrected chi connectivity index (χ4v) is 3.45. The molecule has 0 atom stereocenters. The number of hydrogen-bond acceptors (Lipinski definition) is 5. The van der Waals surface area contributed by atoms with Crippen LogP contribution < -0.4 is 11.1 Å². The lowest BCUT2D eigenvalue weighted by Gasteiger charge is -2.26. The van der Waals surface area contributed by atoms with Crippen molar-refractivity contribution in [1.29, 1.82) is 0 Å². The van der Waals surface area contributed by atoms with Crippen LogP contribution in [0.2, 0.25) is 6.04 Å². The molecule has 3 N–H and O–H groups in total. The van der Waals surface area contributed by atoms with Crippen LogP contribution in [0, 0.1) is 0 Å². The average Bonchev–Trinajstić information content (AvgIpc) is 2.33. The van der Waals surface area contributed by atoms with Crippen molar-refractivity contribution < 1.29 is 13.3 Å². The standard InChI is InChI=1S/C10H26N2O3Si/c1-4-12-8-6-9-15-16(13-2,14-3)10-5-7-11/h12H,4-11H2,1-3H3. The summed E-state index contributed by atoms with van der Waals surface area (Å²) in [5, 5.41) is 3.25. The Hall–Kier alpha value is 0.0169. The van der Waals surface area contributed by atoms with Gasteiger partial charge in [0.1, 0.15) is 0 Å². The van der Waals surface area contributed by atoms with Gasteiger partial charge < -0.3 is 24.3 Å². The number of nitrogens with two attached hydrogens (primary N) is 1. The molecule has 0 aliphatic heterocycles. The zero-order valence-electron chi connectivity index (χ0n) is 10.8. The van der Waals surface area contributed by atoms with Gasteiger partial charge in [-0.2, -0.15) is 0 Å². The van der Waals surface area contributed by atoms with Crippen LogP contribution in [0.3, 0.4) is 0 Å². The SMILES string of the molecule is CCNCCCO[Si](CCCN)(OC)OC. The van der Waals surface area contributed by atoms with E-state index >= 15 is 0 Å². The van der Waals surface area contributed by atoms with Crippen molar-refractivity contribution in [2.24, 2.45) is 5.73 Å². The molecule has 16 heavy (non-hydrogen) atoms. The van der Waals surface area contributed by atoms with E-state index in [0.717, 1.165) is 32.0 Å². The molecular weight excluding hydrogens is 224 g/mol. The molecule has 0 unspecified atom stereocenters. The Morgan fingerprint density at radius 2 is 1.88 bits per heavy atom. The zero-order chi connectivity index (χ0) is 12.3. The zero-order valence-corrected chi connectivity index (χ0v) is 11.8. The Bertz CT molecular complexity index is 157. The third-order valence-corrected chi connectivity index (χ3v) is 5.23. The van der Waals surface area contributed by atoms with Gasteiger partial charge in [0.2, 0.25) is 0 Å². The van der Waals surface area contributed by atoms with Gasteiger partial charge in [-0.3, -0.25) is 0 Å². The molecule has 0 rings (SSSR count). The summed E-state index contributed by atoms with van der Waals surface area (Å²) in [6.45, 7) is 5.36. The minimum absolute atomic E-state index is 0.641. The van der Waals surface area contributed by atoms with Crippen LogP contribution in [0.5, 0.6) is 0 Å². The Balaban J connectivity index is 3.82. The first kappa shape index (κ1) is 16.0. The molecule has 0 saturated heterocycles. The van der Waals surface area contributed by atoms with Crippen molar-refractivity contribution in [3.8, 4) is 0 Å². The first-order valence-corrected chi connectivity index (χ1v) is 7.83. The maximum absolute atomic E-state index is 5.78. The molecule has 0 bridgehead atoms. The van der Waals surface area contributed by atoms with Crippen molar-refractivity contribution in [2.45, 2.75) is 25.8 Å². The van der Waals surface area contributed by atoms with E-state index in [1.54, 1.807) is 14.2 Å². The number of nitrogens with one attached hydrogen (secondary N) is 1. The topological polar surface area (TPSA) is 65.7 Å². The molecule has 0 saturated carbocycles. The van der Waals surface area contributed by atoms with Gasteiger partial charge in [0.05, 0.1) is 0 Å². The van der Waals surface area contributed by atoms with Crippen LogP contribution >= 0.6 is 0 Å². The van der Waals surface area contributed by atoms with E-state index in [0.29, 0.717) is 13.2 Å². The van der Waals surface area contributed by atoms with Crippen LogP contribution in [0.15, 0.2) is 0 Å². The Morgan fingerprint density at radius 3 is 2.38 bits per heavy atom. The van der Waals surface area contributed by atoms with Crippen LogP contribution in [0.4, 0.5) is 0 Å². The van der Waals surface area contributed by atoms with E-state index in [9.17, 15) is 0 Å². The van der Waals surface area contributed by atoms with Gasteiger partial charge in [-0.1, -0.05) is 6.92 Å². The molecule has 5 nitrogen and oxygen atoms in total. The molecule has 0 heterocycles. The third kappa shape index (κ3) is 6.57. The minimum atomic E-state index is -2.43. The van der Waals surface area contributed by atoms with Crippen molar-refractivity contribution in [2.75, 3.05) is 40.5 Å². The largest absolute Gasteiger partial charge is 0.500 e. The fourth-order valence-electron chi connectivity index (χ4n) is 1.40. The fraction of sp³-hybridized carbons (Fsp3) is 1.00. The highest BCUT2D eigenvalue weighted by Crippen LogP contribution is 2.15. The summed E-state index contributed by atoms with van der Waals surface area (Å²) in [7, 11) is 0.866. The Morgan fingerprint density at radius 1 is 1.19 bits per heavy atom. The molecular formula is C10H26N2O3Si. The molecule has 6 heteroatoms. The lowest BCUT2D eigenvalue weighted by molar-refractivity contribution is 0.0967. The molecule has 0 aliphatic carbocycles. The quantitative estimate of drug-likeness (QED) is 0.415. The maximum atomic E-state index is 5.78. The van der Waals surface area contributed by atoms with Gasteiger partial charge >= 0.3 is 8.80 Å². The molecule has 0 aliphatic rings. The van der Waals surface area contributed by atoms with Gasteiger partial charge in [-0.15, -0.1) is 0 Å². The van der Waals surface area contributed by atoms with E-state index in [4.69, 9.17) is 19.0 Å². The maximum Gasteiger partial charge on any atom is 0.500 e. The van der Waals surface area contributed by atoms with Gasteiger partial charge in [-0.25, -0.2) is 0 Å². The molecule has 0 aromatic rings. The summed E-state index contributed by atoms with van der Waals surface area (Å²) in [4.78, 5) is 0. The molecule has 0 aromatic heterocycles. The van der Waals surface area contributed by atoms with E-state index < -0.39 is 8.80 Å². The number of hydrogen-bond donors (Lipinski definition) is 2. The monoisotopic (exact) mass is 250 g/mol. The summed E-state index contributed by atoms with van der Waals surface area (Å²) >= 11 is 0. The normalized spacial score (nSPS) is 12.0. The molecule has 0 spiro atoms. The van der Waals surface area contributed by atoms with Crippen molar-refractivity contribution in [1.82, 2.24) is 5.32 Å². The molecule has 0 fully saturated rings. The lowest BCUT2D eigenvalue weighted by atomic mass is 10.4. The highest BCUT2D eigenvalue weighted by Gasteiger charge is 2.37. The molecule has 0 aromatic carbocycles. The Labute approximate surface area is 100 Å². The predicted molar refractivity (Wildman–Crippen MR) is 67.4 cm³/mol. The van der Waals surface area contributed by atoms with E-state index in [1.165, 1.54) is 0 Å². The predicted octanol–water partition coefficient (Wildman–Crippen LogP) is 0.583. The van der Waals surface area contributed by atoms with E-state index in [1.807, 2.05) is 0 Å². The van der Waals surface area contributed by atoms with Gasteiger partial charge in [0.25, 0.3) is 0 Å². The second-order valence-electron chi connectivity index (χ2n) is 3.54. The molecule has 98 valence electrons. The van der Waals surface area contributed by atoms with E-state index in [-0.39, 0.29) is 0 Å². The first-order valence-electron chi connectivity index (χ1n) is 5.89. The van der Waals surface area contributed by atoms with Crippen LogP contribution in [0.25, 0.3) is 0 Å². The van der Waals surface area contributed by atoms with Crippen LogP contribution in [-0.2, 0) is 13.3 Å². The van der Waals surface area contributed by atoms with E-state index in [2.05, 4.69) is 12.2 Å². The Kier molecular flexibility index (Phi) is 10.2. The lowest BCUT2D eigenvalue weighted by Crippen LogP contribution is -2.44. The highest BCUT2D eigenvalue weighted by molar-refractivity contribution is 6.60. The van der Waals surface area contributed by atoms with Crippen molar-refractivity contribution in [3.05, 3.63) is 0 Å². The smallest absolute Gasteiger partial charge is 0.377 e. The first-order chi connectivity index (χ1) is 7.74. The number of rotatable bonds is 11. The van der Waals surface area contributed by atoms with Gasteiger partial charge in [0.15, 0.2) is 0 Å². The second-order valence-corrected chi connectivity index (χ2v) is 6.51. The second kappa shape index (κ2) is 10.2. The molecule has 0 amide bonds. The summed E-state index contributed by atoms with van der Waals surface area (Å²) < 4.78 is 16.6. The van der Waals surface area contributed by atoms with Gasteiger partial charge in [0, 0.05) is 26.9 Å². The van der Waals surface area contributed by atoms with Crippen molar-refractivity contribution >= 4 is 8.80 Å². The summed E-state index contributed by atoms with van der Waals surface area (Å²) in [6.07, 6.45) is 1.85. The third-order valence-electron chi connectivity index (χ3n) is 2.38. The highest BCUT2D eigenvalue weighted by atomic mass is 28.4. The average molecular weight is 250 g/mol.